The van der Waals surface area contributed by atoms with E-state index in [1.54, 1.807) is 58.8 Å². The number of anilines is 1. The smallest absolute Gasteiger partial charge is 0.265 e. The standard InChI is InChI=1S/C30H23N5O2/c1-20-32-27-12-5-4-11-26(27)30(37)35(20)24-15-13-22(14-16-24)29(36)33-28-17-18-31-34(28)19-23-9-6-8-21-7-2-3-10-25(21)23/h2-18H,19H2,1H3,(H,33,36). The van der Waals surface area contributed by atoms with Crippen LogP contribution < -0.4 is 10.9 Å². The van der Waals surface area contributed by atoms with Crippen molar-refractivity contribution in [3.8, 4) is 5.69 Å². The van der Waals surface area contributed by atoms with Gasteiger partial charge < -0.3 is 5.32 Å². The highest BCUT2D eigenvalue weighted by Crippen LogP contribution is 2.21. The Kier molecular flexibility index (Phi) is 5.58. The molecule has 4 aromatic carbocycles. The number of rotatable bonds is 5. The lowest BCUT2D eigenvalue weighted by Gasteiger charge is -2.13. The number of aromatic nitrogens is 4. The molecule has 7 heteroatoms. The van der Waals surface area contributed by atoms with Gasteiger partial charge in [-0.2, -0.15) is 5.10 Å². The van der Waals surface area contributed by atoms with Crippen LogP contribution in [0.2, 0.25) is 0 Å². The predicted octanol–water partition coefficient (Wildman–Crippen LogP) is 5.34. The van der Waals surface area contributed by atoms with Crippen LogP contribution in [0.4, 0.5) is 5.82 Å². The van der Waals surface area contributed by atoms with E-state index in [1.165, 1.54) is 0 Å². The van der Waals surface area contributed by atoms with Crippen LogP contribution in [0.15, 0.2) is 108 Å². The Morgan fingerprint density at radius 1 is 0.838 bits per heavy atom. The normalized spacial score (nSPS) is 11.2. The van der Waals surface area contributed by atoms with Crippen LogP contribution in [0.25, 0.3) is 27.4 Å². The van der Waals surface area contributed by atoms with E-state index in [-0.39, 0.29) is 11.5 Å². The number of amides is 1. The molecule has 6 aromatic rings. The molecule has 0 spiro atoms. The first-order valence-electron chi connectivity index (χ1n) is 12.0. The second-order valence-electron chi connectivity index (χ2n) is 8.83. The summed E-state index contributed by atoms with van der Waals surface area (Å²) in [4.78, 5) is 30.7. The zero-order valence-electron chi connectivity index (χ0n) is 20.1. The van der Waals surface area contributed by atoms with Gasteiger partial charge in [0.25, 0.3) is 11.5 Å². The van der Waals surface area contributed by atoms with Gasteiger partial charge in [-0.3, -0.25) is 14.2 Å². The van der Waals surface area contributed by atoms with E-state index in [0.29, 0.717) is 40.3 Å². The first-order valence-corrected chi connectivity index (χ1v) is 12.0. The van der Waals surface area contributed by atoms with E-state index >= 15 is 0 Å². The van der Waals surface area contributed by atoms with E-state index in [1.807, 2.05) is 36.4 Å². The summed E-state index contributed by atoms with van der Waals surface area (Å²) in [6.45, 7) is 2.33. The van der Waals surface area contributed by atoms with Gasteiger partial charge in [-0.1, -0.05) is 54.6 Å². The number of hydrogen-bond donors (Lipinski definition) is 1. The number of hydrogen-bond acceptors (Lipinski definition) is 4. The lowest BCUT2D eigenvalue weighted by molar-refractivity contribution is 0.102. The topological polar surface area (TPSA) is 81.8 Å². The summed E-state index contributed by atoms with van der Waals surface area (Å²) >= 11 is 0. The third-order valence-corrected chi connectivity index (χ3v) is 6.49. The van der Waals surface area contributed by atoms with Gasteiger partial charge in [0, 0.05) is 11.6 Å². The summed E-state index contributed by atoms with van der Waals surface area (Å²) in [5.74, 6) is 0.929. The predicted molar refractivity (Wildman–Crippen MR) is 145 cm³/mol. The number of aryl methyl sites for hydroxylation is 1. The fourth-order valence-corrected chi connectivity index (χ4v) is 4.65. The molecule has 6 rings (SSSR count). The van der Waals surface area contributed by atoms with Crippen LogP contribution in [0, 0.1) is 6.92 Å². The van der Waals surface area contributed by atoms with Crippen LogP contribution in [0.3, 0.4) is 0 Å². The lowest BCUT2D eigenvalue weighted by Crippen LogP contribution is -2.22. The van der Waals surface area contributed by atoms with Crippen molar-refractivity contribution >= 4 is 33.4 Å². The molecule has 0 saturated heterocycles. The highest BCUT2D eigenvalue weighted by Gasteiger charge is 2.13. The molecule has 1 amide bonds. The molecule has 0 aliphatic heterocycles. The molecule has 37 heavy (non-hydrogen) atoms. The number of benzene rings is 4. The Morgan fingerprint density at radius 2 is 1.57 bits per heavy atom. The quantitative estimate of drug-likeness (QED) is 0.357. The largest absolute Gasteiger partial charge is 0.307 e. The number of carbonyl (C=O) groups is 1. The van der Waals surface area contributed by atoms with Gasteiger partial charge in [-0.15, -0.1) is 0 Å². The average Bonchev–Trinajstić information content (AvgIpc) is 3.35. The molecule has 0 bridgehead atoms. The van der Waals surface area contributed by atoms with E-state index in [2.05, 4.69) is 39.7 Å². The van der Waals surface area contributed by atoms with E-state index < -0.39 is 0 Å². The Hall–Kier alpha value is -5.04. The maximum absolute atomic E-state index is 13.1. The van der Waals surface area contributed by atoms with Crippen molar-refractivity contribution in [2.24, 2.45) is 0 Å². The summed E-state index contributed by atoms with van der Waals surface area (Å²) in [5, 5.41) is 10.2. The number of nitrogens with one attached hydrogen (secondary N) is 1. The maximum atomic E-state index is 13.1. The third kappa shape index (κ3) is 4.16. The monoisotopic (exact) mass is 485 g/mol. The number of nitrogens with zero attached hydrogens (tertiary/aromatic N) is 4. The van der Waals surface area contributed by atoms with Crippen LogP contribution in [-0.4, -0.2) is 25.2 Å². The second-order valence-corrected chi connectivity index (χ2v) is 8.83. The average molecular weight is 486 g/mol. The minimum Gasteiger partial charge on any atom is -0.307 e. The van der Waals surface area contributed by atoms with Gasteiger partial charge in [0.05, 0.1) is 29.3 Å². The summed E-state index contributed by atoms with van der Waals surface area (Å²) in [7, 11) is 0. The van der Waals surface area contributed by atoms with Gasteiger partial charge in [-0.25, -0.2) is 9.67 Å². The molecule has 0 saturated carbocycles. The Morgan fingerprint density at radius 3 is 2.41 bits per heavy atom. The zero-order chi connectivity index (χ0) is 25.4. The van der Waals surface area contributed by atoms with Gasteiger partial charge in [-0.05, 0) is 59.7 Å². The summed E-state index contributed by atoms with van der Waals surface area (Å²) < 4.78 is 3.33. The van der Waals surface area contributed by atoms with Gasteiger partial charge in [0.15, 0.2) is 0 Å². The molecule has 1 N–H and O–H groups in total. The lowest BCUT2D eigenvalue weighted by atomic mass is 10.0. The van der Waals surface area contributed by atoms with Crippen molar-refractivity contribution in [3.63, 3.8) is 0 Å². The fourth-order valence-electron chi connectivity index (χ4n) is 4.65. The molecule has 2 heterocycles. The highest BCUT2D eigenvalue weighted by atomic mass is 16.1. The minimum atomic E-state index is -0.257. The van der Waals surface area contributed by atoms with Crippen molar-refractivity contribution in [2.75, 3.05) is 5.32 Å². The molecule has 180 valence electrons. The van der Waals surface area contributed by atoms with Crippen LogP contribution in [0.1, 0.15) is 21.7 Å². The van der Waals surface area contributed by atoms with Crippen molar-refractivity contribution in [3.05, 3.63) is 131 Å². The molecular formula is C30H23N5O2. The molecule has 7 nitrogen and oxygen atoms in total. The van der Waals surface area contributed by atoms with Crippen molar-refractivity contribution in [2.45, 2.75) is 13.5 Å². The summed E-state index contributed by atoms with van der Waals surface area (Å²) in [6.07, 6.45) is 1.67. The molecule has 2 aromatic heterocycles. The van der Waals surface area contributed by atoms with Crippen molar-refractivity contribution in [1.29, 1.82) is 0 Å². The Labute approximate surface area is 212 Å². The zero-order valence-corrected chi connectivity index (χ0v) is 20.1. The number of fused-ring (bicyclic) bond motifs is 2. The van der Waals surface area contributed by atoms with E-state index in [9.17, 15) is 9.59 Å². The first-order chi connectivity index (χ1) is 18.1. The van der Waals surface area contributed by atoms with E-state index in [4.69, 9.17) is 0 Å². The molecular weight excluding hydrogens is 462 g/mol. The van der Waals surface area contributed by atoms with Gasteiger partial charge in [0.2, 0.25) is 0 Å². The number of carbonyl (C=O) groups excluding carboxylic acids is 1. The number of para-hydroxylation sites is 1. The Balaban J connectivity index is 1.24. The SMILES string of the molecule is Cc1nc2ccccc2c(=O)n1-c1ccc(C(=O)Nc2ccnn2Cc2cccc3ccccc23)cc1. The highest BCUT2D eigenvalue weighted by molar-refractivity contribution is 6.04. The minimum absolute atomic E-state index is 0.141. The molecule has 0 radical (unpaired) electrons. The summed E-state index contributed by atoms with van der Waals surface area (Å²) in [6, 6.07) is 30.4. The third-order valence-electron chi connectivity index (χ3n) is 6.49. The van der Waals surface area contributed by atoms with Gasteiger partial charge >= 0.3 is 0 Å². The molecule has 0 aliphatic carbocycles. The van der Waals surface area contributed by atoms with Crippen molar-refractivity contribution < 1.29 is 4.79 Å². The van der Waals surface area contributed by atoms with Crippen LogP contribution in [-0.2, 0) is 6.54 Å². The van der Waals surface area contributed by atoms with Crippen LogP contribution >= 0.6 is 0 Å². The first kappa shape index (κ1) is 22.4. The fraction of sp³-hybridized carbons (Fsp3) is 0.0667. The second kappa shape index (κ2) is 9.20. The molecule has 0 unspecified atom stereocenters. The molecule has 0 aliphatic rings. The Bertz CT molecular complexity index is 1830. The molecule has 0 atom stereocenters. The van der Waals surface area contributed by atoms with Gasteiger partial charge in [0.1, 0.15) is 11.6 Å². The maximum Gasteiger partial charge on any atom is 0.265 e. The van der Waals surface area contributed by atoms with E-state index in [0.717, 1.165) is 16.3 Å². The van der Waals surface area contributed by atoms with Crippen LogP contribution in [0.5, 0.6) is 0 Å². The summed E-state index contributed by atoms with van der Waals surface area (Å²) in [5.41, 5.74) is 2.76. The van der Waals surface area contributed by atoms with Crippen molar-refractivity contribution in [1.82, 2.24) is 19.3 Å². The molecule has 0 fully saturated rings.